The highest BCUT2D eigenvalue weighted by Crippen LogP contribution is 2.34. The maximum atomic E-state index is 12.8. The van der Waals surface area contributed by atoms with Gasteiger partial charge in [-0.1, -0.05) is 0 Å². The van der Waals surface area contributed by atoms with Crippen molar-refractivity contribution in [2.45, 2.75) is 25.6 Å². The molecule has 2 rings (SSSR count). The minimum absolute atomic E-state index is 0.0516. The zero-order chi connectivity index (χ0) is 9.42. The Labute approximate surface area is 76.0 Å². The fourth-order valence-corrected chi connectivity index (χ4v) is 1.59. The van der Waals surface area contributed by atoms with Gasteiger partial charge in [0.05, 0.1) is 12.2 Å². The van der Waals surface area contributed by atoms with Crippen LogP contribution in [0.25, 0.3) is 0 Å². The number of aliphatic hydroxyl groups is 1. The van der Waals surface area contributed by atoms with Crippen LogP contribution < -0.4 is 4.74 Å². The normalized spacial score (nSPS) is 26.4. The second kappa shape index (κ2) is 3.00. The van der Waals surface area contributed by atoms with E-state index in [1.165, 1.54) is 12.1 Å². The highest BCUT2D eigenvalue weighted by molar-refractivity contribution is 5.37. The van der Waals surface area contributed by atoms with Crippen LogP contribution in [0.4, 0.5) is 4.39 Å². The predicted octanol–water partition coefficient (Wildman–Crippen LogP) is 2.03. The molecule has 0 radical (unpaired) electrons. The van der Waals surface area contributed by atoms with Gasteiger partial charge >= 0.3 is 0 Å². The molecular weight excluding hydrogens is 171 g/mol. The highest BCUT2D eigenvalue weighted by atomic mass is 19.1. The molecule has 0 aliphatic carbocycles. The third-order valence-corrected chi connectivity index (χ3v) is 2.22. The van der Waals surface area contributed by atoms with Crippen LogP contribution in [0.3, 0.4) is 0 Å². The van der Waals surface area contributed by atoms with Gasteiger partial charge in [0.15, 0.2) is 0 Å². The summed E-state index contributed by atoms with van der Waals surface area (Å²) in [5.74, 6) is 0.131. The maximum Gasteiger partial charge on any atom is 0.128 e. The number of halogens is 1. The molecule has 0 amide bonds. The van der Waals surface area contributed by atoms with E-state index in [0.717, 1.165) is 0 Å². The van der Waals surface area contributed by atoms with E-state index in [1.54, 1.807) is 6.07 Å². The van der Waals surface area contributed by atoms with Gasteiger partial charge in [0.2, 0.25) is 0 Å². The van der Waals surface area contributed by atoms with Gasteiger partial charge in [-0.2, -0.15) is 0 Å². The molecule has 1 heterocycles. The Kier molecular flexibility index (Phi) is 1.96. The smallest absolute Gasteiger partial charge is 0.128 e. The molecule has 2 atom stereocenters. The number of rotatable bonds is 0. The molecule has 1 aliphatic heterocycles. The lowest BCUT2D eigenvalue weighted by molar-refractivity contribution is 0.0746. The van der Waals surface area contributed by atoms with Gasteiger partial charge in [-0.05, 0) is 19.1 Å². The Morgan fingerprint density at radius 2 is 2.31 bits per heavy atom. The van der Waals surface area contributed by atoms with Crippen LogP contribution >= 0.6 is 0 Å². The van der Waals surface area contributed by atoms with Crippen LogP contribution in [0.5, 0.6) is 5.75 Å². The van der Waals surface area contributed by atoms with E-state index in [0.29, 0.717) is 17.7 Å². The summed E-state index contributed by atoms with van der Waals surface area (Å²) in [6.45, 7) is 1.86. The van der Waals surface area contributed by atoms with E-state index in [1.807, 2.05) is 6.92 Å². The molecular formula is C10H11FO2. The second-order valence-electron chi connectivity index (χ2n) is 3.36. The molecule has 1 unspecified atom stereocenters. The van der Waals surface area contributed by atoms with Crippen molar-refractivity contribution in [2.24, 2.45) is 0 Å². The summed E-state index contributed by atoms with van der Waals surface area (Å²) in [4.78, 5) is 0. The van der Waals surface area contributed by atoms with Crippen molar-refractivity contribution in [1.29, 1.82) is 0 Å². The van der Waals surface area contributed by atoms with Crippen molar-refractivity contribution in [3.05, 3.63) is 29.6 Å². The van der Waals surface area contributed by atoms with Crippen molar-refractivity contribution in [3.8, 4) is 5.75 Å². The lowest BCUT2D eigenvalue weighted by Gasteiger charge is -2.27. The first-order valence-corrected chi connectivity index (χ1v) is 4.31. The summed E-state index contributed by atoms with van der Waals surface area (Å²) in [5.41, 5.74) is 0.680. The molecule has 0 spiro atoms. The first-order valence-electron chi connectivity index (χ1n) is 4.31. The number of hydrogen-bond donors (Lipinski definition) is 1. The summed E-state index contributed by atoms with van der Waals surface area (Å²) >= 11 is 0. The Hall–Kier alpha value is -1.09. The molecule has 2 nitrogen and oxygen atoms in total. The van der Waals surface area contributed by atoms with Crippen molar-refractivity contribution in [3.63, 3.8) is 0 Å². The molecule has 3 heteroatoms. The van der Waals surface area contributed by atoms with E-state index >= 15 is 0 Å². The van der Waals surface area contributed by atoms with E-state index < -0.39 is 6.10 Å². The highest BCUT2D eigenvalue weighted by Gasteiger charge is 2.24. The van der Waals surface area contributed by atoms with E-state index in [9.17, 15) is 9.50 Å². The molecule has 1 aromatic carbocycles. The van der Waals surface area contributed by atoms with Crippen LogP contribution in [0, 0.1) is 5.82 Å². The largest absolute Gasteiger partial charge is 0.490 e. The van der Waals surface area contributed by atoms with Gasteiger partial charge in [-0.15, -0.1) is 0 Å². The average Bonchev–Trinajstić information content (AvgIpc) is 2.02. The average molecular weight is 182 g/mol. The van der Waals surface area contributed by atoms with Crippen LogP contribution in [-0.4, -0.2) is 11.2 Å². The molecule has 0 saturated carbocycles. The Bertz CT molecular complexity index is 325. The lowest BCUT2D eigenvalue weighted by atomic mass is 10.00. The number of hydrogen-bond acceptors (Lipinski definition) is 2. The van der Waals surface area contributed by atoms with Gasteiger partial charge in [-0.25, -0.2) is 4.39 Å². The van der Waals surface area contributed by atoms with Crippen molar-refractivity contribution < 1.29 is 14.2 Å². The van der Waals surface area contributed by atoms with E-state index in [2.05, 4.69) is 0 Å². The maximum absolute atomic E-state index is 12.8. The van der Waals surface area contributed by atoms with E-state index in [4.69, 9.17) is 4.74 Å². The van der Waals surface area contributed by atoms with Gasteiger partial charge < -0.3 is 9.84 Å². The predicted molar refractivity (Wildman–Crippen MR) is 46.1 cm³/mol. The van der Waals surface area contributed by atoms with Crippen LogP contribution in [0.1, 0.15) is 25.0 Å². The Morgan fingerprint density at radius 1 is 1.54 bits per heavy atom. The first kappa shape index (κ1) is 8.51. The fourth-order valence-electron chi connectivity index (χ4n) is 1.59. The topological polar surface area (TPSA) is 29.5 Å². The number of aliphatic hydroxyl groups excluding tert-OH is 1. The van der Waals surface area contributed by atoms with Gasteiger partial charge in [0, 0.05) is 18.1 Å². The third-order valence-electron chi connectivity index (χ3n) is 2.22. The molecule has 0 saturated heterocycles. The SMILES string of the molecule is CC1C[C@H](O)c2ccc(F)cc2O1. The van der Waals surface area contributed by atoms with Gasteiger partial charge in [0.25, 0.3) is 0 Å². The lowest BCUT2D eigenvalue weighted by Crippen LogP contribution is -2.22. The summed E-state index contributed by atoms with van der Waals surface area (Å²) in [7, 11) is 0. The van der Waals surface area contributed by atoms with Gasteiger partial charge in [-0.3, -0.25) is 0 Å². The number of fused-ring (bicyclic) bond motifs is 1. The Morgan fingerprint density at radius 3 is 3.08 bits per heavy atom. The van der Waals surface area contributed by atoms with Crippen molar-refractivity contribution in [2.75, 3.05) is 0 Å². The van der Waals surface area contributed by atoms with Gasteiger partial charge in [0.1, 0.15) is 11.6 Å². The molecule has 13 heavy (non-hydrogen) atoms. The molecule has 1 N–H and O–H groups in total. The summed E-state index contributed by atoms with van der Waals surface area (Å²) < 4.78 is 18.2. The molecule has 0 bridgehead atoms. The number of ether oxygens (including phenoxy) is 1. The van der Waals surface area contributed by atoms with Crippen LogP contribution in [0.15, 0.2) is 18.2 Å². The third kappa shape index (κ3) is 1.52. The van der Waals surface area contributed by atoms with Crippen LogP contribution in [-0.2, 0) is 0 Å². The summed E-state index contributed by atoms with van der Waals surface area (Å²) in [6, 6.07) is 4.22. The first-order chi connectivity index (χ1) is 6.16. The molecule has 70 valence electrons. The minimum Gasteiger partial charge on any atom is -0.490 e. The Balaban J connectivity index is 2.43. The molecule has 0 aromatic heterocycles. The van der Waals surface area contributed by atoms with Crippen LogP contribution in [0.2, 0.25) is 0 Å². The van der Waals surface area contributed by atoms with E-state index in [-0.39, 0.29) is 11.9 Å². The standard InChI is InChI=1S/C10H11FO2/c1-6-4-9(12)8-3-2-7(11)5-10(8)13-6/h2-3,5-6,9,12H,4H2,1H3/t6?,9-/m0/s1. The quantitative estimate of drug-likeness (QED) is 0.665. The fraction of sp³-hybridized carbons (Fsp3) is 0.400. The second-order valence-corrected chi connectivity index (χ2v) is 3.36. The summed E-state index contributed by atoms with van der Waals surface area (Å²) in [5, 5.41) is 9.62. The monoisotopic (exact) mass is 182 g/mol. The zero-order valence-corrected chi connectivity index (χ0v) is 7.33. The van der Waals surface area contributed by atoms with Crippen molar-refractivity contribution >= 4 is 0 Å². The minimum atomic E-state index is -0.528. The summed E-state index contributed by atoms with van der Waals surface area (Å²) in [6.07, 6.45) is -0.0119. The van der Waals surface area contributed by atoms with Crippen molar-refractivity contribution in [1.82, 2.24) is 0 Å². The number of benzene rings is 1. The molecule has 1 aromatic rings. The molecule has 1 aliphatic rings. The molecule has 0 fully saturated rings. The zero-order valence-electron chi connectivity index (χ0n) is 7.33.